The highest BCUT2D eigenvalue weighted by Gasteiger charge is 2.06. The van der Waals surface area contributed by atoms with Crippen molar-refractivity contribution in [2.24, 2.45) is 0 Å². The number of nitriles is 1. The third-order valence-corrected chi connectivity index (χ3v) is 2.16. The summed E-state index contributed by atoms with van der Waals surface area (Å²) < 4.78 is 1.60. The van der Waals surface area contributed by atoms with E-state index in [1.165, 1.54) is 0 Å². The lowest BCUT2D eigenvalue weighted by Gasteiger charge is -2.11. The SMILES string of the molecule is CCC(C)n1cccc(C#N)c1=O. The van der Waals surface area contributed by atoms with Crippen molar-refractivity contribution in [3.8, 4) is 6.07 Å². The van der Waals surface area contributed by atoms with Gasteiger partial charge in [-0.05, 0) is 25.5 Å². The molecule has 1 unspecified atom stereocenters. The van der Waals surface area contributed by atoms with E-state index in [-0.39, 0.29) is 17.2 Å². The average Bonchev–Trinajstić information content (AvgIpc) is 2.17. The number of nitrogens with zero attached hydrogens (tertiary/aromatic N) is 2. The van der Waals surface area contributed by atoms with Gasteiger partial charge >= 0.3 is 0 Å². The van der Waals surface area contributed by atoms with Crippen LogP contribution in [0.1, 0.15) is 31.9 Å². The van der Waals surface area contributed by atoms with Crippen LogP contribution >= 0.6 is 0 Å². The summed E-state index contributed by atoms with van der Waals surface area (Å²) in [5.74, 6) is 0. The molecule has 0 saturated carbocycles. The maximum Gasteiger partial charge on any atom is 0.268 e. The van der Waals surface area contributed by atoms with Gasteiger partial charge < -0.3 is 4.57 Å². The normalized spacial score (nSPS) is 12.1. The summed E-state index contributed by atoms with van der Waals surface area (Å²) in [5, 5.41) is 8.63. The Hall–Kier alpha value is -1.56. The van der Waals surface area contributed by atoms with Gasteiger partial charge in [-0.2, -0.15) is 5.26 Å². The van der Waals surface area contributed by atoms with Crippen molar-refractivity contribution in [1.82, 2.24) is 4.57 Å². The molecule has 0 radical (unpaired) electrons. The molecule has 0 aromatic carbocycles. The molecule has 0 N–H and O–H groups in total. The van der Waals surface area contributed by atoms with Crippen molar-refractivity contribution in [2.45, 2.75) is 26.3 Å². The maximum absolute atomic E-state index is 11.5. The molecule has 68 valence electrons. The number of rotatable bonds is 2. The van der Waals surface area contributed by atoms with E-state index in [9.17, 15) is 4.79 Å². The van der Waals surface area contributed by atoms with Crippen molar-refractivity contribution < 1.29 is 0 Å². The van der Waals surface area contributed by atoms with Crippen molar-refractivity contribution in [3.63, 3.8) is 0 Å². The second kappa shape index (κ2) is 3.90. The zero-order valence-corrected chi connectivity index (χ0v) is 7.82. The fourth-order valence-corrected chi connectivity index (χ4v) is 1.14. The smallest absolute Gasteiger partial charge is 0.268 e. The molecular formula is C10H12N2O. The Balaban J connectivity index is 3.26. The molecule has 1 heterocycles. The molecule has 3 nitrogen and oxygen atoms in total. The van der Waals surface area contributed by atoms with Crippen LogP contribution in [-0.4, -0.2) is 4.57 Å². The van der Waals surface area contributed by atoms with Crippen LogP contribution in [-0.2, 0) is 0 Å². The van der Waals surface area contributed by atoms with E-state index < -0.39 is 0 Å². The molecule has 1 rings (SSSR count). The third-order valence-electron chi connectivity index (χ3n) is 2.16. The zero-order valence-electron chi connectivity index (χ0n) is 7.82. The summed E-state index contributed by atoms with van der Waals surface area (Å²) in [6.45, 7) is 3.97. The minimum absolute atomic E-state index is 0.154. The van der Waals surface area contributed by atoms with E-state index in [1.807, 2.05) is 19.9 Å². The Kier molecular flexibility index (Phi) is 2.86. The molecule has 1 atom stereocenters. The molecule has 0 spiro atoms. The molecule has 0 aliphatic rings. The molecule has 0 saturated heterocycles. The Morgan fingerprint density at radius 1 is 1.69 bits per heavy atom. The number of hydrogen-bond donors (Lipinski definition) is 0. The topological polar surface area (TPSA) is 45.8 Å². The summed E-state index contributed by atoms with van der Waals surface area (Å²) in [6.07, 6.45) is 2.60. The van der Waals surface area contributed by atoms with Crippen LogP contribution in [0.15, 0.2) is 23.1 Å². The van der Waals surface area contributed by atoms with Gasteiger partial charge in [0, 0.05) is 12.2 Å². The zero-order chi connectivity index (χ0) is 9.84. The molecule has 3 heteroatoms. The first-order chi connectivity index (χ1) is 6.20. The summed E-state index contributed by atoms with van der Waals surface area (Å²) in [7, 11) is 0. The van der Waals surface area contributed by atoms with Crippen LogP contribution < -0.4 is 5.56 Å². The van der Waals surface area contributed by atoms with Crippen LogP contribution in [0.3, 0.4) is 0 Å². The van der Waals surface area contributed by atoms with Gasteiger partial charge in [-0.3, -0.25) is 4.79 Å². The van der Waals surface area contributed by atoms with Crippen LogP contribution in [0, 0.1) is 11.3 Å². The van der Waals surface area contributed by atoms with Crippen molar-refractivity contribution in [1.29, 1.82) is 5.26 Å². The van der Waals surface area contributed by atoms with Gasteiger partial charge in [0.05, 0.1) is 0 Å². The largest absolute Gasteiger partial charge is 0.312 e. The van der Waals surface area contributed by atoms with Crippen molar-refractivity contribution in [2.75, 3.05) is 0 Å². The first-order valence-electron chi connectivity index (χ1n) is 4.32. The van der Waals surface area contributed by atoms with E-state index in [2.05, 4.69) is 0 Å². The van der Waals surface area contributed by atoms with Gasteiger partial charge in [0.25, 0.3) is 5.56 Å². The van der Waals surface area contributed by atoms with Gasteiger partial charge in [-0.1, -0.05) is 6.92 Å². The molecule has 0 bridgehead atoms. The van der Waals surface area contributed by atoms with E-state index in [1.54, 1.807) is 22.9 Å². The lowest BCUT2D eigenvalue weighted by molar-refractivity contribution is 0.513. The standard InChI is InChI=1S/C10H12N2O/c1-3-8(2)12-6-4-5-9(7-11)10(12)13/h4-6,8H,3H2,1-2H3. The molecule has 0 amide bonds. The quantitative estimate of drug-likeness (QED) is 0.688. The monoisotopic (exact) mass is 176 g/mol. The minimum atomic E-state index is -0.195. The Labute approximate surface area is 77.2 Å². The number of aromatic nitrogens is 1. The van der Waals surface area contributed by atoms with Crippen LogP contribution in [0.4, 0.5) is 0 Å². The second-order valence-corrected chi connectivity index (χ2v) is 3.00. The Morgan fingerprint density at radius 2 is 2.38 bits per heavy atom. The molecule has 0 fully saturated rings. The predicted octanol–water partition coefficient (Wildman–Crippen LogP) is 1.69. The summed E-state index contributed by atoms with van der Waals surface area (Å²) in [4.78, 5) is 11.5. The summed E-state index contributed by atoms with van der Waals surface area (Å²) in [6, 6.07) is 5.31. The summed E-state index contributed by atoms with van der Waals surface area (Å²) >= 11 is 0. The van der Waals surface area contributed by atoms with E-state index in [4.69, 9.17) is 5.26 Å². The van der Waals surface area contributed by atoms with Crippen LogP contribution in [0.25, 0.3) is 0 Å². The van der Waals surface area contributed by atoms with Gasteiger partial charge in [-0.15, -0.1) is 0 Å². The molecule has 1 aromatic rings. The third kappa shape index (κ3) is 1.78. The Bertz CT molecular complexity index is 387. The Morgan fingerprint density at radius 3 is 2.92 bits per heavy atom. The highest BCUT2D eigenvalue weighted by Crippen LogP contribution is 2.06. The van der Waals surface area contributed by atoms with E-state index in [0.29, 0.717) is 0 Å². The van der Waals surface area contributed by atoms with Gasteiger partial charge in [0.1, 0.15) is 11.6 Å². The second-order valence-electron chi connectivity index (χ2n) is 3.00. The number of pyridine rings is 1. The fourth-order valence-electron chi connectivity index (χ4n) is 1.14. The molecule has 0 aliphatic carbocycles. The molecular weight excluding hydrogens is 164 g/mol. The molecule has 0 aliphatic heterocycles. The minimum Gasteiger partial charge on any atom is -0.312 e. The first kappa shape index (κ1) is 9.53. The lowest BCUT2D eigenvalue weighted by atomic mass is 10.2. The molecule has 13 heavy (non-hydrogen) atoms. The van der Waals surface area contributed by atoms with Crippen molar-refractivity contribution >= 4 is 0 Å². The van der Waals surface area contributed by atoms with Crippen LogP contribution in [0.2, 0.25) is 0 Å². The highest BCUT2D eigenvalue weighted by molar-refractivity contribution is 5.25. The average molecular weight is 176 g/mol. The maximum atomic E-state index is 11.5. The van der Waals surface area contributed by atoms with Gasteiger partial charge in [0.2, 0.25) is 0 Å². The number of hydrogen-bond acceptors (Lipinski definition) is 2. The highest BCUT2D eigenvalue weighted by atomic mass is 16.1. The lowest BCUT2D eigenvalue weighted by Crippen LogP contribution is -2.24. The van der Waals surface area contributed by atoms with Crippen LogP contribution in [0.5, 0.6) is 0 Å². The van der Waals surface area contributed by atoms with Gasteiger partial charge in [-0.25, -0.2) is 0 Å². The fraction of sp³-hybridized carbons (Fsp3) is 0.400. The van der Waals surface area contributed by atoms with E-state index in [0.717, 1.165) is 6.42 Å². The summed E-state index contributed by atoms with van der Waals surface area (Å²) in [5.41, 5.74) is 0.0159. The first-order valence-corrected chi connectivity index (χ1v) is 4.32. The predicted molar refractivity (Wildman–Crippen MR) is 50.4 cm³/mol. The van der Waals surface area contributed by atoms with Gasteiger partial charge in [0.15, 0.2) is 0 Å². The van der Waals surface area contributed by atoms with Crippen molar-refractivity contribution in [3.05, 3.63) is 34.2 Å². The molecule has 1 aromatic heterocycles. The van der Waals surface area contributed by atoms with E-state index >= 15 is 0 Å².